The Morgan fingerprint density at radius 3 is 2.10 bits per heavy atom. The van der Waals surface area contributed by atoms with Crippen molar-refractivity contribution >= 4 is 41.0 Å². The molecule has 2 amide bonds. The maximum Gasteiger partial charge on any atom is 0.248 e. The number of aryl methyl sites for hydroxylation is 1. The summed E-state index contributed by atoms with van der Waals surface area (Å²) in [5.41, 5.74) is 3.62. The number of hydrogen-bond donors (Lipinski definition) is 2. The first-order valence-electron chi connectivity index (χ1n) is 9.68. The molecule has 0 saturated carbocycles. The summed E-state index contributed by atoms with van der Waals surface area (Å²) in [6.45, 7) is 3.88. The number of rotatable bonds is 7. The zero-order valence-electron chi connectivity index (χ0n) is 17.0. The van der Waals surface area contributed by atoms with Crippen molar-refractivity contribution in [3.63, 3.8) is 0 Å². The van der Waals surface area contributed by atoms with Gasteiger partial charge in [0.25, 0.3) is 0 Å². The molecule has 152 valence electrons. The van der Waals surface area contributed by atoms with Crippen molar-refractivity contribution in [1.29, 1.82) is 0 Å². The van der Waals surface area contributed by atoms with E-state index in [9.17, 15) is 9.59 Å². The zero-order valence-corrected chi connectivity index (χ0v) is 17.8. The van der Waals surface area contributed by atoms with Gasteiger partial charge in [0.05, 0.1) is 5.25 Å². The number of carbonyl (C=O) groups excluding carboxylic acids is 2. The standard InChI is InChI=1S/C25H24N2O2S/c1-18-8-11-22(12-9-18)27-25(29)19(2)30-23-15-13-21(14-16-23)26-24(28)17-10-20-6-4-3-5-7-20/h3-17,19H,1-2H3,(H,26,28)(H,27,29)/b17-10+. The predicted octanol–water partition coefficient (Wildman–Crippen LogP) is 5.77. The van der Waals surface area contributed by atoms with Crippen molar-refractivity contribution in [1.82, 2.24) is 0 Å². The van der Waals surface area contributed by atoms with Gasteiger partial charge in [-0.3, -0.25) is 9.59 Å². The SMILES string of the molecule is Cc1ccc(NC(=O)C(C)Sc2ccc(NC(=O)/C=C/c3ccccc3)cc2)cc1. The number of carbonyl (C=O) groups is 2. The van der Waals surface area contributed by atoms with Crippen molar-refractivity contribution in [3.8, 4) is 0 Å². The summed E-state index contributed by atoms with van der Waals surface area (Å²) in [5, 5.41) is 5.52. The second-order valence-corrected chi connectivity index (χ2v) is 8.29. The van der Waals surface area contributed by atoms with Crippen LogP contribution >= 0.6 is 11.8 Å². The molecular weight excluding hydrogens is 392 g/mol. The molecule has 0 bridgehead atoms. The van der Waals surface area contributed by atoms with E-state index in [2.05, 4.69) is 10.6 Å². The van der Waals surface area contributed by atoms with Crippen LogP contribution in [-0.2, 0) is 9.59 Å². The zero-order chi connectivity index (χ0) is 21.3. The first-order valence-corrected chi connectivity index (χ1v) is 10.6. The summed E-state index contributed by atoms with van der Waals surface area (Å²) in [6.07, 6.45) is 3.28. The van der Waals surface area contributed by atoms with Gasteiger partial charge in [0.1, 0.15) is 0 Å². The van der Waals surface area contributed by atoms with Crippen molar-refractivity contribution in [2.24, 2.45) is 0 Å². The summed E-state index contributed by atoms with van der Waals surface area (Å²) < 4.78 is 0. The van der Waals surface area contributed by atoms with Crippen LogP contribution in [0.5, 0.6) is 0 Å². The topological polar surface area (TPSA) is 58.2 Å². The lowest BCUT2D eigenvalue weighted by Crippen LogP contribution is -2.22. The van der Waals surface area contributed by atoms with Gasteiger partial charge in [-0.25, -0.2) is 0 Å². The molecule has 3 rings (SSSR count). The van der Waals surface area contributed by atoms with E-state index in [0.717, 1.165) is 21.7 Å². The maximum absolute atomic E-state index is 12.4. The monoisotopic (exact) mass is 416 g/mol. The van der Waals surface area contributed by atoms with E-state index in [4.69, 9.17) is 0 Å². The third-order valence-corrected chi connectivity index (χ3v) is 5.46. The summed E-state index contributed by atoms with van der Waals surface area (Å²) in [4.78, 5) is 25.4. The lowest BCUT2D eigenvalue weighted by molar-refractivity contribution is -0.115. The number of thioether (sulfide) groups is 1. The van der Waals surface area contributed by atoms with Gasteiger partial charge in [0.2, 0.25) is 11.8 Å². The number of benzene rings is 3. The fourth-order valence-electron chi connectivity index (χ4n) is 2.68. The van der Waals surface area contributed by atoms with Gasteiger partial charge in [-0.2, -0.15) is 0 Å². The Kier molecular flexibility index (Phi) is 7.46. The van der Waals surface area contributed by atoms with Crippen LogP contribution in [-0.4, -0.2) is 17.1 Å². The number of anilines is 2. The predicted molar refractivity (Wildman–Crippen MR) is 126 cm³/mol. The van der Waals surface area contributed by atoms with Gasteiger partial charge in [-0.1, -0.05) is 48.0 Å². The maximum atomic E-state index is 12.4. The van der Waals surface area contributed by atoms with E-state index in [1.165, 1.54) is 17.8 Å². The van der Waals surface area contributed by atoms with Crippen LogP contribution in [0.2, 0.25) is 0 Å². The van der Waals surface area contributed by atoms with Crippen LogP contribution in [0, 0.1) is 6.92 Å². The number of nitrogens with one attached hydrogen (secondary N) is 2. The minimum atomic E-state index is -0.249. The highest BCUT2D eigenvalue weighted by atomic mass is 32.2. The van der Waals surface area contributed by atoms with E-state index >= 15 is 0 Å². The summed E-state index contributed by atoms with van der Waals surface area (Å²) >= 11 is 1.47. The van der Waals surface area contributed by atoms with Gasteiger partial charge in [0, 0.05) is 22.3 Å². The Morgan fingerprint density at radius 2 is 1.43 bits per heavy atom. The highest BCUT2D eigenvalue weighted by Crippen LogP contribution is 2.25. The summed E-state index contributed by atoms with van der Waals surface area (Å²) in [5.74, 6) is -0.239. The van der Waals surface area contributed by atoms with E-state index in [1.54, 1.807) is 6.08 Å². The molecular formula is C25H24N2O2S. The van der Waals surface area contributed by atoms with E-state index in [1.807, 2.05) is 92.7 Å². The van der Waals surface area contributed by atoms with E-state index < -0.39 is 0 Å². The lowest BCUT2D eigenvalue weighted by atomic mass is 10.2. The van der Waals surface area contributed by atoms with Crippen molar-refractivity contribution < 1.29 is 9.59 Å². The molecule has 4 nitrogen and oxygen atoms in total. The Labute approximate surface area is 181 Å². The first kappa shape index (κ1) is 21.4. The normalized spacial score (nSPS) is 11.8. The Balaban J connectivity index is 1.51. The van der Waals surface area contributed by atoms with Crippen LogP contribution in [0.3, 0.4) is 0 Å². The third-order valence-electron chi connectivity index (χ3n) is 4.35. The average Bonchev–Trinajstić information content (AvgIpc) is 2.76. The molecule has 30 heavy (non-hydrogen) atoms. The van der Waals surface area contributed by atoms with E-state index in [0.29, 0.717) is 5.69 Å². The molecule has 1 unspecified atom stereocenters. The van der Waals surface area contributed by atoms with Crippen LogP contribution in [0.4, 0.5) is 11.4 Å². The molecule has 0 aliphatic carbocycles. The fourth-order valence-corrected chi connectivity index (χ4v) is 3.54. The van der Waals surface area contributed by atoms with Gasteiger partial charge >= 0.3 is 0 Å². The van der Waals surface area contributed by atoms with Crippen LogP contribution in [0.15, 0.2) is 89.8 Å². The minimum absolute atomic E-state index is 0.0488. The Bertz CT molecular complexity index is 1010. The highest BCUT2D eigenvalue weighted by molar-refractivity contribution is 8.00. The van der Waals surface area contributed by atoms with Crippen molar-refractivity contribution in [2.45, 2.75) is 24.0 Å². The van der Waals surface area contributed by atoms with Crippen LogP contribution < -0.4 is 10.6 Å². The third kappa shape index (κ3) is 6.64. The van der Waals surface area contributed by atoms with Gasteiger partial charge in [0.15, 0.2) is 0 Å². The van der Waals surface area contributed by atoms with Gasteiger partial charge in [-0.15, -0.1) is 11.8 Å². The molecule has 3 aromatic rings. The largest absolute Gasteiger partial charge is 0.325 e. The Hall–Kier alpha value is -3.31. The number of hydrogen-bond acceptors (Lipinski definition) is 3. The number of amides is 2. The average molecular weight is 417 g/mol. The molecule has 2 N–H and O–H groups in total. The molecule has 0 fully saturated rings. The second-order valence-electron chi connectivity index (χ2n) is 6.87. The molecule has 0 radical (unpaired) electrons. The van der Waals surface area contributed by atoms with Gasteiger partial charge in [-0.05, 0) is 61.9 Å². The quantitative estimate of drug-likeness (QED) is 0.380. The van der Waals surface area contributed by atoms with E-state index in [-0.39, 0.29) is 17.1 Å². The molecule has 0 aromatic heterocycles. The van der Waals surface area contributed by atoms with Crippen molar-refractivity contribution in [2.75, 3.05) is 10.6 Å². The highest BCUT2D eigenvalue weighted by Gasteiger charge is 2.14. The molecule has 0 aliphatic heterocycles. The van der Waals surface area contributed by atoms with Crippen LogP contribution in [0.1, 0.15) is 18.1 Å². The molecule has 0 saturated heterocycles. The summed E-state index contributed by atoms with van der Waals surface area (Å²) in [6, 6.07) is 24.9. The second kappa shape index (κ2) is 10.5. The lowest BCUT2D eigenvalue weighted by Gasteiger charge is -2.12. The molecule has 5 heteroatoms. The molecule has 0 aliphatic rings. The molecule has 1 atom stereocenters. The summed E-state index contributed by atoms with van der Waals surface area (Å²) in [7, 11) is 0. The van der Waals surface area contributed by atoms with Crippen LogP contribution in [0.25, 0.3) is 6.08 Å². The van der Waals surface area contributed by atoms with Gasteiger partial charge < -0.3 is 10.6 Å². The minimum Gasteiger partial charge on any atom is -0.325 e. The molecule has 0 spiro atoms. The van der Waals surface area contributed by atoms with Crippen molar-refractivity contribution in [3.05, 3.63) is 96.1 Å². The first-order chi connectivity index (χ1) is 14.5. The smallest absolute Gasteiger partial charge is 0.248 e. The fraction of sp³-hybridized carbons (Fsp3) is 0.120. The molecule has 3 aromatic carbocycles. The Morgan fingerprint density at radius 1 is 0.833 bits per heavy atom. The molecule has 0 heterocycles.